The number of fused-ring (bicyclic) bond motifs is 1. The lowest BCUT2D eigenvalue weighted by Crippen LogP contribution is -2.44. The molecule has 0 radical (unpaired) electrons. The Morgan fingerprint density at radius 2 is 1.68 bits per heavy atom. The molecule has 0 bridgehead atoms. The summed E-state index contributed by atoms with van der Waals surface area (Å²) in [5.74, 6) is -0.205. The standard InChI is InChI=1S/C31H45FN6O6/c1-4-23(40)42-17-21-26(44-24(41)16-20-13-9-6-10-14-20)31(2,32)29(43-21)38-18-34-25-27(33-3)36-30(37-28(25)38)35-22(39)15-19-11-7-5-8-12-19/h18-21,26,29H,4-17H2,1-3H3,(H2,33,35,36,37,39)/t21-,26-,29-,31-/m1/s1. The molecule has 5 rings (SSSR count). The predicted molar refractivity (Wildman–Crippen MR) is 160 cm³/mol. The minimum atomic E-state index is -2.24. The van der Waals surface area contributed by atoms with Gasteiger partial charge in [-0.1, -0.05) is 45.4 Å². The van der Waals surface area contributed by atoms with E-state index in [0.717, 1.165) is 57.8 Å². The fraction of sp³-hybridized carbons (Fsp3) is 0.742. The van der Waals surface area contributed by atoms with Gasteiger partial charge in [0.25, 0.3) is 0 Å². The molecule has 2 aliphatic carbocycles. The number of ether oxygens (including phenoxy) is 3. The predicted octanol–water partition coefficient (Wildman–Crippen LogP) is 5.24. The van der Waals surface area contributed by atoms with E-state index in [9.17, 15) is 14.4 Å². The highest BCUT2D eigenvalue weighted by atomic mass is 19.1. The van der Waals surface area contributed by atoms with Crippen LogP contribution in [0.15, 0.2) is 6.33 Å². The van der Waals surface area contributed by atoms with Crippen LogP contribution >= 0.6 is 0 Å². The molecule has 13 heteroatoms. The van der Waals surface area contributed by atoms with E-state index in [0.29, 0.717) is 23.7 Å². The van der Waals surface area contributed by atoms with Crippen LogP contribution in [0.1, 0.15) is 104 Å². The Morgan fingerprint density at radius 1 is 1.02 bits per heavy atom. The second kappa shape index (κ2) is 14.2. The zero-order valence-corrected chi connectivity index (χ0v) is 26.0. The minimum Gasteiger partial charge on any atom is -0.463 e. The third-order valence-corrected chi connectivity index (χ3v) is 9.18. The third kappa shape index (κ3) is 7.30. The van der Waals surface area contributed by atoms with Gasteiger partial charge in [0.05, 0.1) is 6.33 Å². The van der Waals surface area contributed by atoms with Crippen molar-refractivity contribution >= 4 is 40.8 Å². The molecule has 44 heavy (non-hydrogen) atoms. The van der Waals surface area contributed by atoms with Gasteiger partial charge in [-0.15, -0.1) is 0 Å². The minimum absolute atomic E-state index is 0.0619. The van der Waals surface area contributed by atoms with Crippen LogP contribution in [0.5, 0.6) is 0 Å². The van der Waals surface area contributed by atoms with E-state index in [4.69, 9.17) is 14.2 Å². The van der Waals surface area contributed by atoms with Gasteiger partial charge in [0, 0.05) is 26.3 Å². The first-order valence-electron chi connectivity index (χ1n) is 16.1. The van der Waals surface area contributed by atoms with Gasteiger partial charge in [-0.25, -0.2) is 9.37 Å². The van der Waals surface area contributed by atoms with Crippen molar-refractivity contribution in [2.45, 2.75) is 121 Å². The molecule has 12 nitrogen and oxygen atoms in total. The van der Waals surface area contributed by atoms with Gasteiger partial charge < -0.3 is 19.5 Å². The molecule has 0 unspecified atom stereocenters. The van der Waals surface area contributed by atoms with E-state index in [1.165, 1.54) is 24.2 Å². The Kier molecular flexibility index (Phi) is 10.3. The molecular formula is C31H45FN6O6. The number of carbonyl (C=O) groups is 3. The highest BCUT2D eigenvalue weighted by Gasteiger charge is 2.58. The summed E-state index contributed by atoms with van der Waals surface area (Å²) >= 11 is 0. The lowest BCUT2D eigenvalue weighted by Gasteiger charge is -2.28. The summed E-state index contributed by atoms with van der Waals surface area (Å²) in [6.07, 6.45) is 9.07. The summed E-state index contributed by atoms with van der Waals surface area (Å²) in [5.41, 5.74) is -1.66. The number of amides is 1. The number of aromatic nitrogens is 4. The van der Waals surface area contributed by atoms with Crippen LogP contribution in [0.3, 0.4) is 0 Å². The van der Waals surface area contributed by atoms with E-state index in [1.807, 2.05) is 0 Å². The van der Waals surface area contributed by atoms with Crippen molar-refractivity contribution in [3.05, 3.63) is 6.33 Å². The molecule has 1 saturated heterocycles. The maximum absolute atomic E-state index is 16.9. The first-order valence-corrected chi connectivity index (χ1v) is 16.1. The average Bonchev–Trinajstić information content (AvgIpc) is 3.53. The Morgan fingerprint density at radius 3 is 2.32 bits per heavy atom. The van der Waals surface area contributed by atoms with Crippen LogP contribution in [0.4, 0.5) is 16.2 Å². The quantitative estimate of drug-likeness (QED) is 0.321. The number of anilines is 2. The van der Waals surface area contributed by atoms with E-state index in [1.54, 1.807) is 14.0 Å². The van der Waals surface area contributed by atoms with Gasteiger partial charge in [-0.2, -0.15) is 9.97 Å². The van der Waals surface area contributed by atoms with Gasteiger partial charge in [-0.3, -0.25) is 24.3 Å². The molecule has 3 heterocycles. The van der Waals surface area contributed by atoms with Crippen molar-refractivity contribution in [3.63, 3.8) is 0 Å². The number of imidazole rings is 1. The smallest absolute Gasteiger partial charge is 0.306 e. The number of rotatable bonds is 11. The van der Waals surface area contributed by atoms with Crippen molar-refractivity contribution in [3.8, 4) is 0 Å². The van der Waals surface area contributed by atoms with Gasteiger partial charge >= 0.3 is 11.9 Å². The Labute approximate surface area is 257 Å². The van der Waals surface area contributed by atoms with Crippen molar-refractivity contribution in [1.82, 2.24) is 19.5 Å². The molecule has 0 aromatic carbocycles. The topological polar surface area (TPSA) is 147 Å². The molecule has 0 spiro atoms. The van der Waals surface area contributed by atoms with Crippen molar-refractivity contribution in [2.75, 3.05) is 24.3 Å². The van der Waals surface area contributed by atoms with Gasteiger partial charge in [0.2, 0.25) is 11.9 Å². The first kappa shape index (κ1) is 32.1. The molecule has 3 aliphatic rings. The molecule has 2 saturated carbocycles. The summed E-state index contributed by atoms with van der Waals surface area (Å²) in [6, 6.07) is 0. The average molecular weight is 617 g/mol. The van der Waals surface area contributed by atoms with E-state index < -0.39 is 36.0 Å². The second-order valence-electron chi connectivity index (χ2n) is 12.6. The number of hydrogen-bond acceptors (Lipinski definition) is 10. The zero-order valence-electron chi connectivity index (χ0n) is 26.0. The normalized spacial score (nSPS) is 26.4. The summed E-state index contributed by atoms with van der Waals surface area (Å²) in [4.78, 5) is 51.3. The number of alkyl halides is 1. The maximum atomic E-state index is 16.9. The van der Waals surface area contributed by atoms with Crippen molar-refractivity contribution < 1.29 is 33.0 Å². The number of nitrogens with zero attached hydrogens (tertiary/aromatic N) is 4. The van der Waals surface area contributed by atoms with E-state index >= 15 is 4.39 Å². The number of halogens is 1. The van der Waals surface area contributed by atoms with Gasteiger partial charge in [0.15, 0.2) is 35.0 Å². The molecule has 1 aliphatic heterocycles. The lowest BCUT2D eigenvalue weighted by molar-refractivity contribution is -0.162. The summed E-state index contributed by atoms with van der Waals surface area (Å²) in [5, 5.41) is 5.77. The Bertz CT molecular complexity index is 1320. The van der Waals surface area contributed by atoms with Gasteiger partial charge in [-0.05, 0) is 44.4 Å². The van der Waals surface area contributed by atoms with Crippen LogP contribution in [0, 0.1) is 11.8 Å². The van der Waals surface area contributed by atoms with Crippen LogP contribution in [0.2, 0.25) is 0 Å². The fourth-order valence-corrected chi connectivity index (χ4v) is 6.77. The van der Waals surface area contributed by atoms with Crippen LogP contribution in [-0.4, -0.2) is 68.9 Å². The second-order valence-corrected chi connectivity index (χ2v) is 12.6. The largest absolute Gasteiger partial charge is 0.463 e. The van der Waals surface area contributed by atoms with Crippen LogP contribution in [0.25, 0.3) is 11.2 Å². The number of hydrogen-bond donors (Lipinski definition) is 2. The molecular weight excluding hydrogens is 571 g/mol. The summed E-state index contributed by atoms with van der Waals surface area (Å²) < 4.78 is 35.5. The number of esters is 2. The van der Waals surface area contributed by atoms with Crippen molar-refractivity contribution in [1.29, 1.82) is 0 Å². The summed E-state index contributed by atoms with van der Waals surface area (Å²) in [6.45, 7) is 2.68. The lowest BCUT2D eigenvalue weighted by atomic mass is 9.87. The number of carbonyl (C=O) groups excluding carboxylic acids is 3. The molecule has 4 atom stereocenters. The van der Waals surface area contributed by atoms with Crippen molar-refractivity contribution in [2.24, 2.45) is 11.8 Å². The van der Waals surface area contributed by atoms with Gasteiger partial charge in [0.1, 0.15) is 12.7 Å². The fourth-order valence-electron chi connectivity index (χ4n) is 6.77. The SMILES string of the molecule is CCC(=O)OC[C@H]1O[C@@H](n2cnc3c(NC)nc(NC(=O)CC4CCCCC4)nc32)[C@](C)(F)[C@@H]1OC(=O)CC1CCCCC1. The van der Waals surface area contributed by atoms with Crippen LogP contribution in [-0.2, 0) is 28.6 Å². The zero-order chi connectivity index (χ0) is 31.3. The molecule has 2 aromatic heterocycles. The molecule has 2 N–H and O–H groups in total. The van der Waals surface area contributed by atoms with E-state index in [2.05, 4.69) is 25.6 Å². The molecule has 1 amide bonds. The third-order valence-electron chi connectivity index (χ3n) is 9.18. The monoisotopic (exact) mass is 616 g/mol. The Hall–Kier alpha value is -3.35. The first-order chi connectivity index (χ1) is 21.2. The van der Waals surface area contributed by atoms with Crippen LogP contribution < -0.4 is 10.6 Å². The maximum Gasteiger partial charge on any atom is 0.306 e. The molecule has 2 aromatic rings. The highest BCUT2D eigenvalue weighted by Crippen LogP contribution is 2.45. The highest BCUT2D eigenvalue weighted by molar-refractivity contribution is 5.91. The summed E-state index contributed by atoms with van der Waals surface area (Å²) in [7, 11) is 1.67. The Balaban J connectivity index is 1.39. The number of nitrogens with one attached hydrogen (secondary N) is 2. The molecule has 3 fully saturated rings. The molecule has 242 valence electrons. The van der Waals surface area contributed by atoms with E-state index in [-0.39, 0.29) is 42.9 Å².